The predicted octanol–water partition coefficient (Wildman–Crippen LogP) is 6.16. The Balaban J connectivity index is 1.34. The van der Waals surface area contributed by atoms with Crippen molar-refractivity contribution in [2.45, 2.75) is 32.7 Å². The zero-order valence-electron chi connectivity index (χ0n) is 21.4. The van der Waals surface area contributed by atoms with Crippen LogP contribution in [-0.4, -0.2) is 45.9 Å². The van der Waals surface area contributed by atoms with Crippen LogP contribution in [0.15, 0.2) is 60.7 Å². The Kier molecular flexibility index (Phi) is 6.75. The van der Waals surface area contributed by atoms with Gasteiger partial charge in [0.2, 0.25) is 5.91 Å². The van der Waals surface area contributed by atoms with E-state index in [-0.39, 0.29) is 5.91 Å². The van der Waals surface area contributed by atoms with Crippen molar-refractivity contribution in [2.75, 3.05) is 20.1 Å². The first-order valence-electron chi connectivity index (χ1n) is 12.3. The molecule has 8 heteroatoms. The Morgan fingerprint density at radius 2 is 1.78 bits per heavy atom. The molecule has 3 heterocycles. The van der Waals surface area contributed by atoms with Gasteiger partial charge in [-0.2, -0.15) is 4.98 Å². The molecule has 0 fully saturated rings. The molecule has 37 heavy (non-hydrogen) atoms. The molecule has 0 radical (unpaired) electrons. The molecule has 0 atom stereocenters. The van der Waals surface area contributed by atoms with Gasteiger partial charge in [0.25, 0.3) is 0 Å². The quantitative estimate of drug-likeness (QED) is 0.321. The van der Waals surface area contributed by atoms with Crippen molar-refractivity contribution in [1.82, 2.24) is 25.2 Å². The Labute approximate surface area is 221 Å². The molecular weight excluding hydrogens is 486 g/mol. The number of carbonyl (C=O) groups is 1. The van der Waals surface area contributed by atoms with Crippen LogP contribution in [0.25, 0.3) is 28.0 Å². The SMILES string of the molecule is CC(=O)NC(C)(C)c1ccc(Oc2nc3nc(-c4ccc(C5=CCN(C)CC5)cc4)c(Cl)cc3[nH]2)cc1. The van der Waals surface area contributed by atoms with Crippen molar-refractivity contribution >= 4 is 34.2 Å². The van der Waals surface area contributed by atoms with E-state index in [4.69, 9.17) is 21.3 Å². The van der Waals surface area contributed by atoms with Gasteiger partial charge >= 0.3 is 6.01 Å². The molecular formula is C29H30ClN5O2. The van der Waals surface area contributed by atoms with E-state index < -0.39 is 5.54 Å². The summed E-state index contributed by atoms with van der Waals surface area (Å²) in [6.45, 7) is 7.46. The van der Waals surface area contributed by atoms with E-state index in [1.165, 1.54) is 18.1 Å². The van der Waals surface area contributed by atoms with Crippen molar-refractivity contribution in [1.29, 1.82) is 0 Å². The number of halogens is 1. The second-order valence-electron chi connectivity index (χ2n) is 9.98. The minimum atomic E-state index is -0.483. The number of amides is 1. The number of aromatic nitrogens is 3. The first kappa shape index (κ1) is 25.0. The first-order chi connectivity index (χ1) is 17.7. The van der Waals surface area contributed by atoms with Crippen LogP contribution in [0.5, 0.6) is 11.8 Å². The monoisotopic (exact) mass is 515 g/mol. The molecule has 0 aliphatic carbocycles. The molecule has 1 aliphatic rings. The highest BCUT2D eigenvalue weighted by atomic mass is 35.5. The second kappa shape index (κ2) is 10.00. The minimum absolute atomic E-state index is 0.0799. The summed E-state index contributed by atoms with van der Waals surface area (Å²) in [5.41, 5.74) is 5.93. The first-order valence-corrected chi connectivity index (χ1v) is 12.7. The number of fused-ring (bicyclic) bond motifs is 1. The van der Waals surface area contributed by atoms with E-state index in [1.54, 1.807) is 0 Å². The number of imidazole rings is 1. The lowest BCUT2D eigenvalue weighted by molar-refractivity contribution is -0.120. The number of likely N-dealkylation sites (N-methyl/N-ethyl adjacent to an activating group) is 1. The molecule has 0 saturated carbocycles. The molecule has 1 aliphatic heterocycles. The van der Waals surface area contributed by atoms with Crippen LogP contribution in [0, 0.1) is 0 Å². The second-order valence-corrected chi connectivity index (χ2v) is 10.4. The Hall–Kier alpha value is -3.68. The maximum atomic E-state index is 11.5. The molecule has 2 aromatic heterocycles. The lowest BCUT2D eigenvalue weighted by atomic mass is 9.94. The Morgan fingerprint density at radius 1 is 1.08 bits per heavy atom. The molecule has 5 rings (SSSR count). The van der Waals surface area contributed by atoms with Gasteiger partial charge in [-0.1, -0.05) is 54.1 Å². The van der Waals surface area contributed by atoms with Gasteiger partial charge in [-0.15, -0.1) is 0 Å². The summed E-state index contributed by atoms with van der Waals surface area (Å²) >= 11 is 6.61. The molecule has 2 N–H and O–H groups in total. The number of benzene rings is 2. The number of H-pyrrole nitrogens is 1. The molecule has 0 spiro atoms. The van der Waals surface area contributed by atoms with Gasteiger partial charge < -0.3 is 19.9 Å². The summed E-state index contributed by atoms with van der Waals surface area (Å²) in [4.78, 5) is 26.2. The van der Waals surface area contributed by atoms with Crippen molar-refractivity contribution in [3.05, 3.63) is 76.8 Å². The number of nitrogens with one attached hydrogen (secondary N) is 2. The van der Waals surface area contributed by atoms with E-state index in [2.05, 4.69) is 57.6 Å². The molecule has 7 nitrogen and oxygen atoms in total. The molecule has 0 bridgehead atoms. The molecule has 4 aromatic rings. The maximum Gasteiger partial charge on any atom is 0.301 e. The number of rotatable bonds is 6. The Bertz CT molecular complexity index is 1470. The minimum Gasteiger partial charge on any atom is -0.426 e. The van der Waals surface area contributed by atoms with Gasteiger partial charge in [0.05, 0.1) is 21.8 Å². The van der Waals surface area contributed by atoms with Crippen molar-refractivity contribution in [2.24, 2.45) is 0 Å². The van der Waals surface area contributed by atoms with E-state index in [0.717, 1.165) is 30.6 Å². The topological polar surface area (TPSA) is 83.1 Å². The number of pyridine rings is 1. The summed E-state index contributed by atoms with van der Waals surface area (Å²) in [5.74, 6) is 0.537. The van der Waals surface area contributed by atoms with Gasteiger partial charge in [0.15, 0.2) is 5.65 Å². The fourth-order valence-electron chi connectivity index (χ4n) is 4.59. The Morgan fingerprint density at radius 3 is 2.43 bits per heavy atom. The van der Waals surface area contributed by atoms with E-state index in [0.29, 0.717) is 33.6 Å². The van der Waals surface area contributed by atoms with Gasteiger partial charge in [0.1, 0.15) is 5.75 Å². The standard InChI is InChI=1S/C29H30ClN5O2/c1-18(36)34-29(2,3)22-9-11-23(12-10-22)37-28-31-25-17-24(30)26(32-27(25)33-28)21-7-5-19(6-8-21)20-13-15-35(4)16-14-20/h5-13,17H,14-16H2,1-4H3,(H,34,36)(H,31,32,33). The van der Waals surface area contributed by atoms with Gasteiger partial charge in [-0.3, -0.25) is 4.79 Å². The third-order valence-corrected chi connectivity index (χ3v) is 6.91. The van der Waals surface area contributed by atoms with Crippen LogP contribution in [0.2, 0.25) is 5.02 Å². The lowest BCUT2D eigenvalue weighted by Gasteiger charge is -2.26. The number of hydrogen-bond acceptors (Lipinski definition) is 5. The zero-order chi connectivity index (χ0) is 26.2. The van der Waals surface area contributed by atoms with Crippen molar-refractivity contribution < 1.29 is 9.53 Å². The fraction of sp³-hybridized carbons (Fsp3) is 0.276. The maximum absolute atomic E-state index is 11.5. The largest absolute Gasteiger partial charge is 0.426 e. The highest BCUT2D eigenvalue weighted by Gasteiger charge is 2.21. The highest BCUT2D eigenvalue weighted by molar-refractivity contribution is 6.33. The fourth-order valence-corrected chi connectivity index (χ4v) is 4.85. The van der Waals surface area contributed by atoms with Crippen LogP contribution in [0.4, 0.5) is 0 Å². The summed E-state index contributed by atoms with van der Waals surface area (Å²) < 4.78 is 5.94. The predicted molar refractivity (Wildman–Crippen MR) is 148 cm³/mol. The van der Waals surface area contributed by atoms with Crippen LogP contribution in [-0.2, 0) is 10.3 Å². The van der Waals surface area contributed by atoms with E-state index in [9.17, 15) is 4.79 Å². The third kappa shape index (κ3) is 5.53. The van der Waals surface area contributed by atoms with Crippen LogP contribution < -0.4 is 10.1 Å². The number of aromatic amines is 1. The van der Waals surface area contributed by atoms with Crippen molar-refractivity contribution in [3.8, 4) is 23.0 Å². The van der Waals surface area contributed by atoms with Gasteiger partial charge in [-0.25, -0.2) is 4.98 Å². The van der Waals surface area contributed by atoms with Gasteiger partial charge in [-0.05, 0) is 62.2 Å². The van der Waals surface area contributed by atoms with E-state index >= 15 is 0 Å². The average molecular weight is 516 g/mol. The molecule has 190 valence electrons. The molecule has 2 aromatic carbocycles. The summed E-state index contributed by atoms with van der Waals surface area (Å²) in [6.07, 6.45) is 3.34. The average Bonchev–Trinajstić information content (AvgIpc) is 3.24. The molecule has 0 saturated heterocycles. The lowest BCUT2D eigenvalue weighted by Crippen LogP contribution is -2.39. The van der Waals surface area contributed by atoms with Gasteiger partial charge in [0, 0.05) is 25.6 Å². The van der Waals surface area contributed by atoms with Crippen LogP contribution in [0.1, 0.15) is 38.3 Å². The number of carbonyl (C=O) groups excluding carboxylic acids is 1. The molecule has 0 unspecified atom stereocenters. The number of hydrogen-bond donors (Lipinski definition) is 2. The third-order valence-electron chi connectivity index (χ3n) is 6.63. The normalized spacial score (nSPS) is 14.5. The summed E-state index contributed by atoms with van der Waals surface area (Å²) in [6, 6.07) is 18.1. The number of ether oxygens (including phenoxy) is 1. The number of nitrogens with zero attached hydrogens (tertiary/aromatic N) is 3. The van der Waals surface area contributed by atoms with E-state index in [1.807, 2.05) is 44.2 Å². The molecule has 1 amide bonds. The summed E-state index contributed by atoms with van der Waals surface area (Å²) in [7, 11) is 2.14. The zero-order valence-corrected chi connectivity index (χ0v) is 22.2. The van der Waals surface area contributed by atoms with Crippen LogP contribution in [0.3, 0.4) is 0 Å². The highest BCUT2D eigenvalue weighted by Crippen LogP contribution is 2.32. The smallest absolute Gasteiger partial charge is 0.301 e. The van der Waals surface area contributed by atoms with Crippen molar-refractivity contribution in [3.63, 3.8) is 0 Å². The summed E-state index contributed by atoms with van der Waals surface area (Å²) in [5, 5.41) is 3.48. The van der Waals surface area contributed by atoms with Crippen LogP contribution >= 0.6 is 11.6 Å².